The number of halogens is 4. The Morgan fingerprint density at radius 3 is 2.43 bits per heavy atom. The van der Waals surface area contributed by atoms with Gasteiger partial charge in [-0.15, -0.1) is 11.3 Å². The lowest BCUT2D eigenvalue weighted by Gasteiger charge is -2.36. The number of fused-ring (bicyclic) bond motifs is 2. The van der Waals surface area contributed by atoms with E-state index in [2.05, 4.69) is 9.97 Å². The zero-order chi connectivity index (χ0) is 38.1. The van der Waals surface area contributed by atoms with E-state index in [4.69, 9.17) is 29.9 Å². The third-order valence-electron chi connectivity index (χ3n) is 8.66. The lowest BCUT2D eigenvalue weighted by atomic mass is 10.00. The lowest BCUT2D eigenvalue weighted by molar-refractivity contribution is -0.137. The molecule has 1 aliphatic rings. The number of nitriles is 1. The number of ether oxygens (including phenoxy) is 1. The zero-order valence-electron chi connectivity index (χ0n) is 29.2. The normalized spacial score (nSPS) is 14.2. The average Bonchev–Trinajstić information content (AvgIpc) is 3.51. The van der Waals surface area contributed by atoms with Gasteiger partial charge in [-0.3, -0.25) is 23.4 Å². The monoisotopic (exact) mass is 790 g/mol. The highest BCUT2D eigenvalue weighted by molar-refractivity contribution is 7.49. The Morgan fingerprint density at radius 2 is 1.77 bits per heavy atom. The van der Waals surface area contributed by atoms with Gasteiger partial charge in [0.25, 0.3) is 5.56 Å². The summed E-state index contributed by atoms with van der Waals surface area (Å²) in [5.74, 6) is 0.789. The first-order valence-electron chi connectivity index (χ1n) is 16.6. The Morgan fingerprint density at radius 1 is 1.06 bits per heavy atom. The highest BCUT2D eigenvalue weighted by Gasteiger charge is 2.39. The number of hydrogen-bond donors (Lipinski definition) is 0. The van der Waals surface area contributed by atoms with E-state index in [0.717, 1.165) is 6.07 Å². The molecule has 6 rings (SSSR count). The van der Waals surface area contributed by atoms with Gasteiger partial charge in [-0.1, -0.05) is 11.6 Å². The van der Waals surface area contributed by atoms with Crippen LogP contribution in [0.1, 0.15) is 30.8 Å². The molecule has 0 radical (unpaired) electrons. The van der Waals surface area contributed by atoms with E-state index in [-0.39, 0.29) is 73.2 Å². The van der Waals surface area contributed by atoms with E-state index in [1.54, 1.807) is 49.7 Å². The summed E-state index contributed by atoms with van der Waals surface area (Å²) in [5.41, 5.74) is -0.807. The topological polar surface area (TPSA) is 132 Å². The van der Waals surface area contributed by atoms with Gasteiger partial charge in [-0.2, -0.15) is 18.4 Å². The third kappa shape index (κ3) is 7.87. The first kappa shape index (κ1) is 38.5. The summed E-state index contributed by atoms with van der Waals surface area (Å²) in [6, 6.07) is 9.57. The molecule has 2 aromatic carbocycles. The van der Waals surface area contributed by atoms with Crippen molar-refractivity contribution in [1.29, 1.82) is 5.26 Å². The fraction of sp³-hybridized carbons (Fsp3) is 0.371. The van der Waals surface area contributed by atoms with Crippen LogP contribution in [0.15, 0.2) is 46.7 Å². The van der Waals surface area contributed by atoms with E-state index >= 15 is 0 Å². The van der Waals surface area contributed by atoms with Gasteiger partial charge in [0, 0.05) is 53.9 Å². The van der Waals surface area contributed by atoms with Crippen LogP contribution in [0.25, 0.3) is 32.2 Å². The maximum atomic E-state index is 14.4. The molecule has 3 aromatic heterocycles. The first-order chi connectivity index (χ1) is 25.3. The molecule has 280 valence electrons. The standard InChI is InChI=1S/C35H35ClF3N6O6PS/c1-5-49-52(47,50-6-2)51-29-20-53-33-23(9-10-41-31(29)33)24-17-22(36)7-8-28(24)48-16-15-45-21(3)42-27-18-26(35(37,38)39)32(25(19-40)30(27)34(45)46)44-13-11-43(4)12-14-44/h7-10,17-18,20H,5-6,11-16H2,1-4H3. The van der Waals surface area contributed by atoms with E-state index in [9.17, 15) is 27.8 Å². The molecule has 53 heavy (non-hydrogen) atoms. The largest absolute Gasteiger partial charge is 0.530 e. The average molecular weight is 791 g/mol. The van der Waals surface area contributed by atoms with Gasteiger partial charge in [-0.25, -0.2) is 9.55 Å². The van der Waals surface area contributed by atoms with Crippen molar-refractivity contribution in [2.24, 2.45) is 0 Å². The van der Waals surface area contributed by atoms with Crippen molar-refractivity contribution in [1.82, 2.24) is 19.4 Å². The van der Waals surface area contributed by atoms with Gasteiger partial charge in [0.15, 0.2) is 5.75 Å². The van der Waals surface area contributed by atoms with Crippen LogP contribution >= 0.6 is 30.8 Å². The second kappa shape index (κ2) is 15.6. The van der Waals surface area contributed by atoms with Gasteiger partial charge < -0.3 is 19.1 Å². The number of phosphoric ester groups is 1. The predicted molar refractivity (Wildman–Crippen MR) is 197 cm³/mol. The smallest absolute Gasteiger partial charge is 0.491 e. The second-order valence-corrected chi connectivity index (χ2v) is 15.0. The molecule has 4 heterocycles. The summed E-state index contributed by atoms with van der Waals surface area (Å²) in [4.78, 5) is 26.3. The number of aromatic nitrogens is 3. The zero-order valence-corrected chi connectivity index (χ0v) is 31.7. The number of nitrogens with zero attached hydrogens (tertiary/aromatic N) is 6. The van der Waals surface area contributed by atoms with Crippen molar-refractivity contribution in [2.45, 2.75) is 33.5 Å². The Bertz CT molecular complexity index is 2310. The number of hydrogen-bond acceptors (Lipinski definition) is 12. The molecular formula is C35H35ClF3N6O6PS. The van der Waals surface area contributed by atoms with E-state index in [1.807, 2.05) is 18.0 Å². The number of benzene rings is 2. The molecule has 1 fully saturated rings. The molecule has 18 heteroatoms. The maximum Gasteiger partial charge on any atom is 0.530 e. The van der Waals surface area contributed by atoms with Gasteiger partial charge >= 0.3 is 14.0 Å². The maximum absolute atomic E-state index is 14.4. The molecule has 12 nitrogen and oxygen atoms in total. The summed E-state index contributed by atoms with van der Waals surface area (Å²) >= 11 is 7.73. The Labute approximate surface area is 311 Å². The minimum absolute atomic E-state index is 0.0295. The Balaban J connectivity index is 1.33. The molecular weight excluding hydrogens is 756 g/mol. The fourth-order valence-electron chi connectivity index (χ4n) is 6.23. The number of alkyl halides is 3. The summed E-state index contributed by atoms with van der Waals surface area (Å²) < 4.78 is 80.8. The van der Waals surface area contributed by atoms with Crippen LogP contribution in [-0.4, -0.2) is 72.5 Å². The fourth-order valence-corrected chi connectivity index (χ4v) is 8.62. The molecule has 0 spiro atoms. The van der Waals surface area contributed by atoms with Crippen LogP contribution < -0.4 is 19.7 Å². The summed E-state index contributed by atoms with van der Waals surface area (Å²) in [7, 11) is -2.03. The summed E-state index contributed by atoms with van der Waals surface area (Å²) in [5, 5.41) is 12.1. The summed E-state index contributed by atoms with van der Waals surface area (Å²) in [6.45, 7) is 6.52. The van der Waals surface area contributed by atoms with E-state index in [1.165, 1.54) is 27.7 Å². The predicted octanol–water partition coefficient (Wildman–Crippen LogP) is 7.92. The number of thiophene rings is 1. The highest BCUT2D eigenvalue weighted by Crippen LogP contribution is 2.52. The van der Waals surface area contributed by atoms with E-state index in [0.29, 0.717) is 45.2 Å². The second-order valence-electron chi connectivity index (χ2n) is 12.1. The number of anilines is 1. The molecule has 0 amide bonds. The molecule has 0 N–H and O–H groups in total. The van der Waals surface area contributed by atoms with Crippen molar-refractivity contribution in [3.8, 4) is 28.7 Å². The number of phosphoric acid groups is 1. The Kier molecular flexibility index (Phi) is 11.4. The molecule has 1 aliphatic heterocycles. The van der Waals surface area contributed by atoms with Gasteiger partial charge in [0.2, 0.25) is 0 Å². The summed E-state index contributed by atoms with van der Waals surface area (Å²) in [6.07, 6.45) is -3.22. The van der Waals surface area contributed by atoms with Crippen molar-refractivity contribution in [3.63, 3.8) is 0 Å². The Hall–Kier alpha value is -4.23. The van der Waals surface area contributed by atoms with Gasteiger partial charge in [-0.05, 0) is 58.2 Å². The molecule has 0 unspecified atom stereocenters. The van der Waals surface area contributed by atoms with Crippen LogP contribution in [0.5, 0.6) is 11.5 Å². The molecule has 0 atom stereocenters. The first-order valence-corrected chi connectivity index (χ1v) is 19.4. The van der Waals surface area contributed by atoms with Crippen molar-refractivity contribution >= 4 is 57.6 Å². The number of piperazine rings is 1. The van der Waals surface area contributed by atoms with Gasteiger partial charge in [0.05, 0.1) is 52.2 Å². The number of likely N-dealkylation sites (N-methyl/N-ethyl adjacent to an activating group) is 1. The van der Waals surface area contributed by atoms with Crippen molar-refractivity contribution in [3.05, 3.63) is 74.2 Å². The minimum atomic E-state index is -4.78. The number of rotatable bonds is 12. The third-order valence-corrected chi connectivity index (χ3v) is 11.4. The van der Waals surface area contributed by atoms with Crippen LogP contribution in [-0.2, 0) is 26.3 Å². The van der Waals surface area contributed by atoms with E-state index < -0.39 is 25.1 Å². The number of aryl methyl sites for hydroxylation is 1. The van der Waals surface area contributed by atoms with Crippen LogP contribution in [0.3, 0.4) is 0 Å². The molecule has 5 aromatic rings. The molecule has 0 saturated carbocycles. The SMILES string of the molecule is CCOP(=O)(OCC)Oc1csc2c(-c3cc(Cl)ccc3OCCn3c(C)nc4cc(C(F)(F)F)c(N5CCN(C)CC5)c(C#N)c4c3=O)ccnc12. The minimum Gasteiger partial charge on any atom is -0.491 e. The van der Waals surface area contributed by atoms with Crippen LogP contribution in [0, 0.1) is 18.3 Å². The quantitative estimate of drug-likeness (QED) is 0.114. The van der Waals surface area contributed by atoms with Gasteiger partial charge in [0.1, 0.15) is 29.8 Å². The number of pyridine rings is 1. The lowest BCUT2D eigenvalue weighted by Crippen LogP contribution is -2.45. The molecule has 0 bridgehead atoms. The highest BCUT2D eigenvalue weighted by atomic mass is 35.5. The van der Waals surface area contributed by atoms with Crippen LogP contribution in [0.2, 0.25) is 5.02 Å². The molecule has 1 saturated heterocycles. The van der Waals surface area contributed by atoms with Crippen LogP contribution in [0.4, 0.5) is 18.9 Å². The molecule has 0 aliphatic carbocycles. The van der Waals surface area contributed by atoms with Crippen molar-refractivity contribution < 1.29 is 36.0 Å². The van der Waals surface area contributed by atoms with Crippen molar-refractivity contribution in [2.75, 3.05) is 57.9 Å².